The molecule has 1 fully saturated rings. The standard InChI is InChI=1S/C14H20BrClN2/c1-11-10-17(2)6-3-7-18(11)13-5-4-12(9-16)14(15)8-13/h4-5,8,11H,3,6-7,9-10H2,1-2H3. The van der Waals surface area contributed by atoms with Gasteiger partial charge in [-0.3, -0.25) is 0 Å². The summed E-state index contributed by atoms with van der Waals surface area (Å²) in [6.07, 6.45) is 1.22. The third-order valence-electron chi connectivity index (χ3n) is 3.56. The minimum Gasteiger partial charge on any atom is -0.367 e. The van der Waals surface area contributed by atoms with E-state index in [0.717, 1.165) is 23.1 Å². The number of likely N-dealkylation sites (N-methyl/N-ethyl adjacent to an activating group) is 1. The Labute approximate surface area is 123 Å². The van der Waals surface area contributed by atoms with Gasteiger partial charge in [-0.1, -0.05) is 22.0 Å². The van der Waals surface area contributed by atoms with Crippen LogP contribution in [-0.2, 0) is 5.88 Å². The maximum absolute atomic E-state index is 5.89. The monoisotopic (exact) mass is 330 g/mol. The smallest absolute Gasteiger partial charge is 0.0485 e. The molecule has 100 valence electrons. The lowest BCUT2D eigenvalue weighted by molar-refractivity contribution is 0.337. The van der Waals surface area contributed by atoms with Gasteiger partial charge in [0.25, 0.3) is 0 Å². The van der Waals surface area contributed by atoms with Gasteiger partial charge in [0.2, 0.25) is 0 Å². The molecule has 1 heterocycles. The molecule has 0 saturated carbocycles. The predicted molar refractivity (Wildman–Crippen MR) is 82.6 cm³/mol. The van der Waals surface area contributed by atoms with Crippen molar-refractivity contribution in [1.29, 1.82) is 0 Å². The molecule has 1 aliphatic rings. The molecule has 0 radical (unpaired) electrons. The van der Waals surface area contributed by atoms with Gasteiger partial charge in [-0.15, -0.1) is 11.6 Å². The van der Waals surface area contributed by atoms with E-state index in [0.29, 0.717) is 11.9 Å². The van der Waals surface area contributed by atoms with Crippen molar-refractivity contribution in [1.82, 2.24) is 4.90 Å². The van der Waals surface area contributed by atoms with E-state index in [4.69, 9.17) is 11.6 Å². The van der Waals surface area contributed by atoms with Crippen molar-refractivity contribution >= 4 is 33.2 Å². The van der Waals surface area contributed by atoms with Crippen LogP contribution in [0.15, 0.2) is 22.7 Å². The average Bonchev–Trinajstić information content (AvgIpc) is 2.50. The molecule has 0 amide bonds. The summed E-state index contributed by atoms with van der Waals surface area (Å²) in [5.74, 6) is 0.555. The van der Waals surface area contributed by atoms with Gasteiger partial charge in [0.05, 0.1) is 0 Å². The van der Waals surface area contributed by atoms with Crippen molar-refractivity contribution in [2.45, 2.75) is 25.3 Å². The second-order valence-electron chi connectivity index (χ2n) is 5.07. The van der Waals surface area contributed by atoms with Gasteiger partial charge in [0.1, 0.15) is 0 Å². The lowest BCUT2D eigenvalue weighted by Gasteiger charge is -2.30. The summed E-state index contributed by atoms with van der Waals surface area (Å²) in [7, 11) is 2.20. The minimum atomic E-state index is 0.547. The number of benzene rings is 1. The third kappa shape index (κ3) is 3.19. The van der Waals surface area contributed by atoms with Crippen LogP contribution >= 0.6 is 27.5 Å². The van der Waals surface area contributed by atoms with Crippen LogP contribution in [0.5, 0.6) is 0 Å². The first kappa shape index (κ1) is 14.2. The van der Waals surface area contributed by atoms with Gasteiger partial charge in [-0.2, -0.15) is 0 Å². The first-order valence-electron chi connectivity index (χ1n) is 6.41. The second kappa shape index (κ2) is 6.27. The van der Waals surface area contributed by atoms with E-state index in [9.17, 15) is 0 Å². The van der Waals surface area contributed by atoms with E-state index in [-0.39, 0.29) is 0 Å². The Morgan fingerprint density at radius 3 is 2.83 bits per heavy atom. The molecule has 1 aromatic rings. The molecule has 1 unspecified atom stereocenters. The van der Waals surface area contributed by atoms with Gasteiger partial charge >= 0.3 is 0 Å². The van der Waals surface area contributed by atoms with Crippen LogP contribution < -0.4 is 4.90 Å². The van der Waals surface area contributed by atoms with Crippen LogP contribution in [0.25, 0.3) is 0 Å². The minimum absolute atomic E-state index is 0.547. The van der Waals surface area contributed by atoms with E-state index in [2.05, 4.69) is 57.9 Å². The molecule has 0 bridgehead atoms. The van der Waals surface area contributed by atoms with Crippen molar-refractivity contribution in [3.05, 3.63) is 28.2 Å². The molecule has 0 aromatic heterocycles. The van der Waals surface area contributed by atoms with Crippen molar-refractivity contribution in [3.63, 3.8) is 0 Å². The molecular weight excluding hydrogens is 312 g/mol. The number of hydrogen-bond acceptors (Lipinski definition) is 2. The number of hydrogen-bond donors (Lipinski definition) is 0. The van der Waals surface area contributed by atoms with Gasteiger partial charge in [0, 0.05) is 35.2 Å². The van der Waals surface area contributed by atoms with Gasteiger partial charge in [0.15, 0.2) is 0 Å². The van der Waals surface area contributed by atoms with E-state index in [1.54, 1.807) is 0 Å². The summed E-state index contributed by atoms with van der Waals surface area (Å²) in [4.78, 5) is 4.90. The highest BCUT2D eigenvalue weighted by Crippen LogP contribution is 2.27. The molecule has 0 spiro atoms. The summed E-state index contributed by atoms with van der Waals surface area (Å²) < 4.78 is 1.11. The molecule has 2 rings (SSSR count). The van der Waals surface area contributed by atoms with Crippen LogP contribution in [0.1, 0.15) is 18.9 Å². The summed E-state index contributed by atoms with van der Waals surface area (Å²) >= 11 is 9.50. The Morgan fingerprint density at radius 1 is 1.39 bits per heavy atom. The van der Waals surface area contributed by atoms with Crippen LogP contribution in [-0.4, -0.2) is 37.6 Å². The number of nitrogens with zero attached hydrogens (tertiary/aromatic N) is 2. The van der Waals surface area contributed by atoms with Crippen LogP contribution in [0.3, 0.4) is 0 Å². The summed E-state index contributed by atoms with van der Waals surface area (Å²) in [5, 5.41) is 0. The van der Waals surface area contributed by atoms with Crippen LogP contribution in [0.4, 0.5) is 5.69 Å². The second-order valence-corrected chi connectivity index (χ2v) is 6.19. The van der Waals surface area contributed by atoms with Gasteiger partial charge < -0.3 is 9.80 Å². The fourth-order valence-electron chi connectivity index (χ4n) is 2.58. The molecule has 4 heteroatoms. The third-order valence-corrected chi connectivity index (χ3v) is 4.59. The highest BCUT2D eigenvalue weighted by atomic mass is 79.9. The Kier molecular flexibility index (Phi) is 4.93. The molecule has 2 nitrogen and oxygen atoms in total. The summed E-state index contributed by atoms with van der Waals surface area (Å²) in [6, 6.07) is 7.05. The molecule has 1 atom stereocenters. The summed E-state index contributed by atoms with van der Waals surface area (Å²) in [5.41, 5.74) is 2.44. The zero-order chi connectivity index (χ0) is 13.1. The topological polar surface area (TPSA) is 6.48 Å². The molecule has 1 saturated heterocycles. The maximum Gasteiger partial charge on any atom is 0.0485 e. The highest BCUT2D eigenvalue weighted by molar-refractivity contribution is 9.10. The number of anilines is 1. The Hall–Kier alpha value is -0.250. The Bertz CT molecular complexity index is 411. The number of alkyl halides is 1. The van der Waals surface area contributed by atoms with E-state index in [1.807, 2.05) is 0 Å². The molecule has 0 N–H and O–H groups in total. The van der Waals surface area contributed by atoms with Gasteiger partial charge in [-0.05, 0) is 44.6 Å². The quantitative estimate of drug-likeness (QED) is 0.762. The first-order chi connectivity index (χ1) is 8.61. The fourth-order valence-corrected chi connectivity index (χ4v) is 3.48. The largest absolute Gasteiger partial charge is 0.367 e. The maximum atomic E-state index is 5.89. The molecular formula is C14H20BrClN2. The first-order valence-corrected chi connectivity index (χ1v) is 7.74. The molecule has 18 heavy (non-hydrogen) atoms. The lowest BCUT2D eigenvalue weighted by atomic mass is 10.1. The van der Waals surface area contributed by atoms with E-state index in [1.165, 1.54) is 18.7 Å². The number of halogens is 2. The Balaban J connectivity index is 2.21. The van der Waals surface area contributed by atoms with E-state index >= 15 is 0 Å². The fraction of sp³-hybridized carbons (Fsp3) is 0.571. The van der Waals surface area contributed by atoms with Crippen molar-refractivity contribution in [3.8, 4) is 0 Å². The normalized spacial score (nSPS) is 22.0. The van der Waals surface area contributed by atoms with Crippen molar-refractivity contribution < 1.29 is 0 Å². The molecule has 1 aliphatic heterocycles. The van der Waals surface area contributed by atoms with Crippen LogP contribution in [0, 0.1) is 0 Å². The zero-order valence-corrected chi connectivity index (χ0v) is 13.3. The SMILES string of the molecule is CC1CN(C)CCCN1c1ccc(CCl)c(Br)c1. The Morgan fingerprint density at radius 2 is 2.17 bits per heavy atom. The molecule has 1 aromatic carbocycles. The zero-order valence-electron chi connectivity index (χ0n) is 11.0. The predicted octanol–water partition coefficient (Wildman–Crippen LogP) is 3.72. The number of rotatable bonds is 2. The lowest BCUT2D eigenvalue weighted by Crippen LogP contribution is -2.37. The van der Waals surface area contributed by atoms with E-state index < -0.39 is 0 Å². The van der Waals surface area contributed by atoms with Gasteiger partial charge in [-0.25, -0.2) is 0 Å². The van der Waals surface area contributed by atoms with Crippen LogP contribution in [0.2, 0.25) is 0 Å². The average molecular weight is 332 g/mol. The van der Waals surface area contributed by atoms with Crippen molar-refractivity contribution in [2.24, 2.45) is 0 Å². The van der Waals surface area contributed by atoms with Crippen molar-refractivity contribution in [2.75, 3.05) is 31.6 Å². The summed E-state index contributed by atoms with van der Waals surface area (Å²) in [6.45, 7) is 5.72. The molecule has 0 aliphatic carbocycles. The highest BCUT2D eigenvalue weighted by Gasteiger charge is 2.20.